The summed E-state index contributed by atoms with van der Waals surface area (Å²) in [6.07, 6.45) is 3.04. The van der Waals surface area contributed by atoms with Crippen LogP contribution < -0.4 is 20.2 Å². The summed E-state index contributed by atoms with van der Waals surface area (Å²) in [7, 11) is 3.27. The fraction of sp³-hybridized carbons (Fsp3) is 0.200. The van der Waals surface area contributed by atoms with Crippen LogP contribution in [0.5, 0.6) is 11.5 Å². The predicted octanol–water partition coefficient (Wildman–Crippen LogP) is 2.50. The summed E-state index contributed by atoms with van der Waals surface area (Å²) in [5.41, 5.74) is 0.746. The van der Waals surface area contributed by atoms with Crippen molar-refractivity contribution in [3.8, 4) is 11.5 Å². The van der Waals surface area contributed by atoms with E-state index >= 15 is 0 Å². The van der Waals surface area contributed by atoms with E-state index < -0.39 is 0 Å². The summed E-state index contributed by atoms with van der Waals surface area (Å²) >= 11 is 0. The molecule has 0 saturated carbocycles. The van der Waals surface area contributed by atoms with Crippen molar-refractivity contribution < 1.29 is 18.7 Å². The number of carbonyl (C=O) groups is 1. The van der Waals surface area contributed by atoms with Crippen molar-refractivity contribution in [1.29, 1.82) is 0 Å². The zero-order chi connectivity index (χ0) is 19.2. The van der Waals surface area contributed by atoms with Crippen LogP contribution >= 0.6 is 0 Å². The molecule has 2 heterocycles. The van der Waals surface area contributed by atoms with Crippen LogP contribution in [0.15, 0.2) is 64.1 Å². The fourth-order valence-corrected chi connectivity index (χ4v) is 2.53. The van der Waals surface area contributed by atoms with Gasteiger partial charge in [-0.3, -0.25) is 9.59 Å². The number of hydrogen-bond acceptors (Lipinski definition) is 5. The molecule has 7 nitrogen and oxygen atoms in total. The lowest BCUT2D eigenvalue weighted by atomic mass is 10.2. The Labute approximate surface area is 156 Å². The number of benzene rings is 1. The monoisotopic (exact) mass is 368 g/mol. The minimum Gasteiger partial charge on any atom is -0.497 e. The summed E-state index contributed by atoms with van der Waals surface area (Å²) in [6.45, 7) is 0.463. The summed E-state index contributed by atoms with van der Waals surface area (Å²) in [6, 6.07) is 12.2. The van der Waals surface area contributed by atoms with E-state index in [0.29, 0.717) is 11.5 Å². The lowest BCUT2D eigenvalue weighted by molar-refractivity contribution is 0.0938. The van der Waals surface area contributed by atoms with Gasteiger partial charge in [-0.1, -0.05) is 12.1 Å². The Morgan fingerprint density at radius 3 is 2.81 bits per heavy atom. The van der Waals surface area contributed by atoms with Crippen molar-refractivity contribution in [1.82, 2.24) is 9.88 Å². The van der Waals surface area contributed by atoms with Crippen LogP contribution in [0.2, 0.25) is 0 Å². The number of nitrogens with one attached hydrogen (secondary N) is 1. The molecule has 7 heteroatoms. The molecule has 0 atom stereocenters. The largest absolute Gasteiger partial charge is 0.497 e. The van der Waals surface area contributed by atoms with Gasteiger partial charge in [0.05, 0.1) is 26.1 Å². The Bertz CT molecular complexity index is 976. The average Bonchev–Trinajstić information content (AvgIpc) is 3.20. The normalized spacial score (nSPS) is 10.4. The van der Waals surface area contributed by atoms with E-state index in [9.17, 15) is 9.59 Å². The van der Waals surface area contributed by atoms with E-state index in [4.69, 9.17) is 13.9 Å². The fourth-order valence-electron chi connectivity index (χ4n) is 2.53. The van der Waals surface area contributed by atoms with Crippen molar-refractivity contribution in [2.24, 2.45) is 7.05 Å². The zero-order valence-electron chi connectivity index (χ0n) is 15.1. The molecule has 0 spiro atoms. The highest BCUT2D eigenvalue weighted by molar-refractivity contribution is 5.92. The molecule has 2 aromatic heterocycles. The molecule has 0 aliphatic carbocycles. The second-order valence-electron chi connectivity index (χ2n) is 5.90. The van der Waals surface area contributed by atoms with Crippen LogP contribution in [-0.2, 0) is 20.2 Å². The molecule has 0 saturated heterocycles. The van der Waals surface area contributed by atoms with Gasteiger partial charge in [0.1, 0.15) is 23.8 Å². The van der Waals surface area contributed by atoms with Crippen LogP contribution in [0.4, 0.5) is 0 Å². The van der Waals surface area contributed by atoms with E-state index in [1.54, 1.807) is 30.9 Å². The Kier molecular flexibility index (Phi) is 5.61. The van der Waals surface area contributed by atoms with Gasteiger partial charge in [0, 0.05) is 13.1 Å². The van der Waals surface area contributed by atoms with Crippen LogP contribution in [0, 0.1) is 0 Å². The van der Waals surface area contributed by atoms with Gasteiger partial charge in [-0.2, -0.15) is 0 Å². The number of furan rings is 1. The van der Waals surface area contributed by atoms with Gasteiger partial charge in [0.15, 0.2) is 5.75 Å². The number of methoxy groups -OCH3 is 1. The second kappa shape index (κ2) is 8.27. The first-order chi connectivity index (χ1) is 13.1. The minimum absolute atomic E-state index is 0.169. The summed E-state index contributed by atoms with van der Waals surface area (Å²) < 4.78 is 17.5. The number of nitrogens with zero attached hydrogens (tertiary/aromatic N) is 1. The van der Waals surface area contributed by atoms with Crippen molar-refractivity contribution in [2.75, 3.05) is 7.11 Å². The quantitative estimate of drug-likeness (QED) is 0.693. The summed E-state index contributed by atoms with van der Waals surface area (Å²) in [4.78, 5) is 24.6. The molecular formula is C20H20N2O5. The SMILES string of the molecule is COc1cccc(COc2cn(C)c(C(=O)NCc3ccco3)cc2=O)c1. The van der Waals surface area contributed by atoms with Crippen molar-refractivity contribution >= 4 is 5.91 Å². The van der Waals surface area contributed by atoms with Gasteiger partial charge in [0.2, 0.25) is 5.43 Å². The number of pyridine rings is 1. The number of amides is 1. The molecule has 0 radical (unpaired) electrons. The first-order valence-electron chi connectivity index (χ1n) is 8.34. The Morgan fingerprint density at radius 1 is 1.22 bits per heavy atom. The predicted molar refractivity (Wildman–Crippen MR) is 98.9 cm³/mol. The molecule has 0 bridgehead atoms. The van der Waals surface area contributed by atoms with E-state index in [1.165, 1.54) is 18.5 Å². The molecular weight excluding hydrogens is 348 g/mol. The molecule has 0 fully saturated rings. The number of ether oxygens (including phenoxy) is 2. The lowest BCUT2D eigenvalue weighted by Gasteiger charge is -2.12. The van der Waals surface area contributed by atoms with E-state index in [0.717, 1.165) is 5.56 Å². The Balaban J connectivity index is 1.68. The van der Waals surface area contributed by atoms with Crippen molar-refractivity contribution in [3.05, 3.63) is 82.2 Å². The molecule has 1 N–H and O–H groups in total. The first kappa shape index (κ1) is 18.3. The number of hydrogen-bond donors (Lipinski definition) is 1. The molecule has 3 aromatic rings. The van der Waals surface area contributed by atoms with E-state index in [-0.39, 0.29) is 35.9 Å². The molecule has 0 unspecified atom stereocenters. The standard InChI is InChI=1S/C20H20N2O5/c1-22-12-19(27-13-14-5-3-6-15(9-14)25-2)18(23)10-17(22)20(24)21-11-16-7-4-8-26-16/h3-10,12H,11,13H2,1-2H3,(H,21,24). The van der Waals surface area contributed by atoms with Gasteiger partial charge in [-0.25, -0.2) is 0 Å². The molecule has 3 rings (SSSR count). The highest BCUT2D eigenvalue weighted by Gasteiger charge is 2.13. The van der Waals surface area contributed by atoms with Crippen molar-refractivity contribution in [3.63, 3.8) is 0 Å². The number of rotatable bonds is 7. The van der Waals surface area contributed by atoms with Crippen molar-refractivity contribution in [2.45, 2.75) is 13.2 Å². The minimum atomic E-state index is -0.370. The second-order valence-corrected chi connectivity index (χ2v) is 5.90. The molecule has 1 amide bonds. The van der Waals surface area contributed by atoms with Gasteiger partial charge in [-0.05, 0) is 29.8 Å². The number of aryl methyl sites for hydroxylation is 1. The number of carbonyl (C=O) groups excluding carboxylic acids is 1. The maximum absolute atomic E-state index is 12.3. The Hall–Kier alpha value is -3.48. The van der Waals surface area contributed by atoms with Crippen LogP contribution in [-0.4, -0.2) is 17.6 Å². The first-order valence-corrected chi connectivity index (χ1v) is 8.34. The van der Waals surface area contributed by atoms with Crippen LogP contribution in [0.25, 0.3) is 0 Å². The van der Waals surface area contributed by atoms with E-state index in [1.807, 2.05) is 24.3 Å². The number of aromatic nitrogens is 1. The highest BCUT2D eigenvalue weighted by Crippen LogP contribution is 2.15. The molecule has 0 aliphatic heterocycles. The average molecular weight is 368 g/mol. The maximum Gasteiger partial charge on any atom is 0.268 e. The third-order valence-corrected chi connectivity index (χ3v) is 3.97. The van der Waals surface area contributed by atoms with Crippen LogP contribution in [0.1, 0.15) is 21.8 Å². The topological polar surface area (TPSA) is 82.7 Å². The third kappa shape index (κ3) is 4.58. The van der Waals surface area contributed by atoms with Gasteiger partial charge >= 0.3 is 0 Å². The molecule has 1 aromatic carbocycles. The summed E-state index contributed by atoms with van der Waals surface area (Å²) in [5.74, 6) is 1.15. The Morgan fingerprint density at radius 2 is 2.07 bits per heavy atom. The molecule has 140 valence electrons. The molecule has 0 aliphatic rings. The zero-order valence-corrected chi connectivity index (χ0v) is 15.1. The maximum atomic E-state index is 12.3. The van der Waals surface area contributed by atoms with Gasteiger partial charge in [-0.15, -0.1) is 0 Å². The lowest BCUT2D eigenvalue weighted by Crippen LogP contribution is -2.27. The van der Waals surface area contributed by atoms with Gasteiger partial charge in [0.25, 0.3) is 5.91 Å². The summed E-state index contributed by atoms with van der Waals surface area (Å²) in [5, 5.41) is 2.71. The third-order valence-electron chi connectivity index (χ3n) is 3.97. The smallest absolute Gasteiger partial charge is 0.268 e. The molecule has 27 heavy (non-hydrogen) atoms. The van der Waals surface area contributed by atoms with Gasteiger partial charge < -0.3 is 23.8 Å². The highest BCUT2D eigenvalue weighted by atomic mass is 16.5. The van der Waals surface area contributed by atoms with Crippen LogP contribution in [0.3, 0.4) is 0 Å². The van der Waals surface area contributed by atoms with E-state index in [2.05, 4.69) is 5.32 Å².